The lowest BCUT2D eigenvalue weighted by molar-refractivity contribution is 0.504. The summed E-state index contributed by atoms with van der Waals surface area (Å²) in [5.74, 6) is -0.278. The van der Waals surface area contributed by atoms with E-state index >= 15 is 0 Å². The predicted octanol–water partition coefficient (Wildman–Crippen LogP) is 3.94. The molecule has 1 atom stereocenters. The van der Waals surface area contributed by atoms with Crippen molar-refractivity contribution >= 4 is 0 Å². The number of halogens is 1. The molecular weight excluding hydrogens is 251 g/mol. The van der Waals surface area contributed by atoms with Gasteiger partial charge in [0.05, 0.1) is 11.6 Å². The molecule has 1 unspecified atom stereocenters. The predicted molar refractivity (Wildman–Crippen MR) is 77.4 cm³/mol. The SMILES string of the molecule is CCC(NCc1cc(C#N)ccc1F)c1ccccc1. The molecule has 2 aromatic rings. The van der Waals surface area contributed by atoms with Crippen molar-refractivity contribution in [2.24, 2.45) is 0 Å². The molecule has 0 aromatic heterocycles. The van der Waals surface area contributed by atoms with Gasteiger partial charge in [0.2, 0.25) is 0 Å². The molecule has 2 nitrogen and oxygen atoms in total. The summed E-state index contributed by atoms with van der Waals surface area (Å²) >= 11 is 0. The van der Waals surface area contributed by atoms with Crippen molar-refractivity contribution in [2.75, 3.05) is 0 Å². The Bertz CT molecular complexity index is 602. The number of rotatable bonds is 5. The number of nitrogens with one attached hydrogen (secondary N) is 1. The highest BCUT2D eigenvalue weighted by Crippen LogP contribution is 2.18. The number of hydrogen-bond donors (Lipinski definition) is 1. The maximum atomic E-state index is 13.7. The van der Waals surface area contributed by atoms with Crippen LogP contribution in [0.4, 0.5) is 4.39 Å². The monoisotopic (exact) mass is 268 g/mol. The first-order valence-corrected chi connectivity index (χ1v) is 6.71. The molecule has 0 fully saturated rings. The van der Waals surface area contributed by atoms with Gasteiger partial charge in [-0.05, 0) is 30.2 Å². The van der Waals surface area contributed by atoms with Crippen molar-refractivity contribution < 1.29 is 4.39 Å². The molecule has 0 spiro atoms. The van der Waals surface area contributed by atoms with Crippen molar-refractivity contribution in [2.45, 2.75) is 25.9 Å². The first-order chi connectivity index (χ1) is 9.74. The normalized spacial score (nSPS) is 11.8. The van der Waals surface area contributed by atoms with E-state index in [9.17, 15) is 4.39 Å². The Balaban J connectivity index is 2.09. The molecule has 102 valence electrons. The lowest BCUT2D eigenvalue weighted by atomic mass is 10.0. The van der Waals surface area contributed by atoms with Gasteiger partial charge in [0, 0.05) is 18.2 Å². The van der Waals surface area contributed by atoms with E-state index in [4.69, 9.17) is 5.26 Å². The van der Waals surface area contributed by atoms with Crippen molar-refractivity contribution in [1.29, 1.82) is 5.26 Å². The second kappa shape index (κ2) is 6.83. The van der Waals surface area contributed by atoms with Gasteiger partial charge in [-0.25, -0.2) is 4.39 Å². The minimum absolute atomic E-state index is 0.182. The summed E-state index contributed by atoms with van der Waals surface area (Å²) in [6.07, 6.45) is 0.920. The van der Waals surface area contributed by atoms with Crippen LogP contribution in [0.5, 0.6) is 0 Å². The van der Waals surface area contributed by atoms with Crippen LogP contribution in [0.1, 0.15) is 36.1 Å². The van der Waals surface area contributed by atoms with Gasteiger partial charge in [-0.15, -0.1) is 0 Å². The molecule has 0 heterocycles. The van der Waals surface area contributed by atoms with Crippen LogP contribution in [0.3, 0.4) is 0 Å². The van der Waals surface area contributed by atoms with Gasteiger partial charge in [-0.1, -0.05) is 37.3 Å². The molecule has 0 aliphatic carbocycles. The highest BCUT2D eigenvalue weighted by molar-refractivity contribution is 5.33. The third-order valence-corrected chi connectivity index (χ3v) is 3.32. The van der Waals surface area contributed by atoms with Crippen LogP contribution in [0.25, 0.3) is 0 Å². The Kier molecular flexibility index (Phi) is 4.86. The summed E-state index contributed by atoms with van der Waals surface area (Å²) < 4.78 is 13.7. The van der Waals surface area contributed by atoms with Gasteiger partial charge < -0.3 is 5.32 Å². The Labute approximate surface area is 118 Å². The van der Waals surface area contributed by atoms with E-state index in [2.05, 4.69) is 24.4 Å². The third-order valence-electron chi connectivity index (χ3n) is 3.32. The fourth-order valence-corrected chi connectivity index (χ4v) is 2.20. The van der Waals surface area contributed by atoms with Crippen molar-refractivity contribution in [1.82, 2.24) is 5.32 Å². The van der Waals surface area contributed by atoms with Crippen molar-refractivity contribution in [3.8, 4) is 6.07 Å². The van der Waals surface area contributed by atoms with E-state index in [0.29, 0.717) is 17.7 Å². The maximum Gasteiger partial charge on any atom is 0.127 e. The number of benzene rings is 2. The standard InChI is InChI=1S/C17H17FN2/c1-2-17(14-6-4-3-5-7-14)20-12-15-10-13(11-19)8-9-16(15)18/h3-10,17,20H,2,12H2,1H3. The van der Waals surface area contributed by atoms with Gasteiger partial charge in [0.15, 0.2) is 0 Å². The topological polar surface area (TPSA) is 35.8 Å². The van der Waals surface area contributed by atoms with Crippen LogP contribution >= 0.6 is 0 Å². The molecule has 2 rings (SSSR count). The summed E-state index contributed by atoms with van der Waals surface area (Å²) in [7, 11) is 0. The van der Waals surface area contributed by atoms with Gasteiger partial charge in [0.1, 0.15) is 5.82 Å². The second-order valence-corrected chi connectivity index (χ2v) is 4.67. The number of hydrogen-bond acceptors (Lipinski definition) is 2. The van der Waals surface area contributed by atoms with E-state index in [1.54, 1.807) is 6.07 Å². The highest BCUT2D eigenvalue weighted by Gasteiger charge is 2.10. The Morgan fingerprint density at radius 1 is 1.20 bits per heavy atom. The summed E-state index contributed by atoms with van der Waals surface area (Å²) in [6.45, 7) is 2.50. The fraction of sp³-hybridized carbons (Fsp3) is 0.235. The molecule has 0 aliphatic heterocycles. The minimum Gasteiger partial charge on any atom is -0.306 e. The lowest BCUT2D eigenvalue weighted by Gasteiger charge is -2.17. The number of nitrogens with zero attached hydrogens (tertiary/aromatic N) is 1. The van der Waals surface area contributed by atoms with Crippen molar-refractivity contribution in [3.63, 3.8) is 0 Å². The Morgan fingerprint density at radius 3 is 2.60 bits per heavy atom. The molecule has 2 aromatic carbocycles. The highest BCUT2D eigenvalue weighted by atomic mass is 19.1. The summed E-state index contributed by atoms with van der Waals surface area (Å²) in [4.78, 5) is 0. The van der Waals surface area contributed by atoms with E-state index in [0.717, 1.165) is 6.42 Å². The van der Waals surface area contributed by atoms with Crippen LogP contribution < -0.4 is 5.32 Å². The van der Waals surface area contributed by atoms with Gasteiger partial charge in [-0.2, -0.15) is 5.26 Å². The largest absolute Gasteiger partial charge is 0.306 e. The zero-order valence-electron chi connectivity index (χ0n) is 11.4. The fourth-order valence-electron chi connectivity index (χ4n) is 2.20. The minimum atomic E-state index is -0.278. The molecule has 20 heavy (non-hydrogen) atoms. The van der Waals surface area contributed by atoms with Gasteiger partial charge in [0.25, 0.3) is 0 Å². The first kappa shape index (κ1) is 14.2. The van der Waals surface area contributed by atoms with E-state index in [1.165, 1.54) is 17.7 Å². The average Bonchev–Trinajstić information content (AvgIpc) is 2.50. The molecular formula is C17H17FN2. The van der Waals surface area contributed by atoms with Gasteiger partial charge in [-0.3, -0.25) is 0 Å². The first-order valence-electron chi connectivity index (χ1n) is 6.71. The smallest absolute Gasteiger partial charge is 0.127 e. The average molecular weight is 268 g/mol. The van der Waals surface area contributed by atoms with E-state index in [-0.39, 0.29) is 11.9 Å². The van der Waals surface area contributed by atoms with E-state index in [1.807, 2.05) is 24.3 Å². The quantitative estimate of drug-likeness (QED) is 0.891. The molecule has 1 N–H and O–H groups in total. The third kappa shape index (κ3) is 3.43. The summed E-state index contributed by atoms with van der Waals surface area (Å²) in [5.41, 5.74) is 2.20. The molecule has 0 bridgehead atoms. The van der Waals surface area contributed by atoms with Crippen LogP contribution in [0.15, 0.2) is 48.5 Å². The summed E-state index contributed by atoms with van der Waals surface area (Å²) in [5, 5.41) is 12.2. The van der Waals surface area contributed by atoms with Crippen molar-refractivity contribution in [3.05, 3.63) is 71.0 Å². The van der Waals surface area contributed by atoms with Gasteiger partial charge >= 0.3 is 0 Å². The van der Waals surface area contributed by atoms with E-state index < -0.39 is 0 Å². The Hall–Kier alpha value is -2.18. The van der Waals surface area contributed by atoms with Crippen LogP contribution in [-0.4, -0.2) is 0 Å². The molecule has 0 aliphatic rings. The lowest BCUT2D eigenvalue weighted by Crippen LogP contribution is -2.20. The van der Waals surface area contributed by atoms with Crippen LogP contribution in [0.2, 0.25) is 0 Å². The molecule has 0 radical (unpaired) electrons. The Morgan fingerprint density at radius 2 is 1.95 bits per heavy atom. The molecule has 0 amide bonds. The number of nitriles is 1. The zero-order valence-corrected chi connectivity index (χ0v) is 11.4. The molecule has 3 heteroatoms. The maximum absolute atomic E-state index is 13.7. The molecule has 0 saturated heterocycles. The summed E-state index contributed by atoms with van der Waals surface area (Å²) in [6, 6.07) is 16.7. The van der Waals surface area contributed by atoms with Crippen LogP contribution in [0, 0.1) is 17.1 Å². The van der Waals surface area contributed by atoms with Crippen LogP contribution in [-0.2, 0) is 6.54 Å². The zero-order chi connectivity index (χ0) is 14.4. The molecule has 0 saturated carbocycles. The second-order valence-electron chi connectivity index (χ2n) is 4.67.